The van der Waals surface area contributed by atoms with Gasteiger partial charge in [0.1, 0.15) is 5.60 Å². The Morgan fingerprint density at radius 2 is 2.21 bits per heavy atom. The summed E-state index contributed by atoms with van der Waals surface area (Å²) >= 11 is 0. The highest BCUT2D eigenvalue weighted by molar-refractivity contribution is 5.82. The standard InChI is InChI=1S/C10H20N2O2/c1-10(14,8-13)7-12-9-5-3-2-4-6-11-9/h13-14H,2-8H2,1H3,(H,11,12). The predicted molar refractivity (Wildman–Crippen MR) is 56.5 cm³/mol. The molecule has 0 bridgehead atoms. The van der Waals surface area contributed by atoms with Crippen molar-refractivity contribution in [2.45, 2.75) is 38.2 Å². The summed E-state index contributed by atoms with van der Waals surface area (Å²) in [5, 5.41) is 21.5. The second-order valence-electron chi connectivity index (χ2n) is 4.15. The maximum Gasteiger partial charge on any atom is 0.102 e. The molecule has 0 fully saturated rings. The zero-order chi connectivity index (χ0) is 10.4. The summed E-state index contributed by atoms with van der Waals surface area (Å²) in [4.78, 5) is 4.37. The molecule has 14 heavy (non-hydrogen) atoms. The van der Waals surface area contributed by atoms with Crippen LogP contribution in [0.5, 0.6) is 0 Å². The number of hydrogen-bond acceptors (Lipinski definition) is 4. The molecule has 1 unspecified atom stereocenters. The maximum absolute atomic E-state index is 9.56. The van der Waals surface area contributed by atoms with E-state index in [1.807, 2.05) is 0 Å². The van der Waals surface area contributed by atoms with E-state index >= 15 is 0 Å². The topological polar surface area (TPSA) is 64.8 Å². The highest BCUT2D eigenvalue weighted by atomic mass is 16.3. The fourth-order valence-electron chi connectivity index (χ4n) is 1.37. The van der Waals surface area contributed by atoms with Gasteiger partial charge in [0.15, 0.2) is 0 Å². The Bertz CT molecular complexity index is 202. The van der Waals surface area contributed by atoms with Crippen LogP contribution in [0, 0.1) is 0 Å². The first kappa shape index (κ1) is 11.5. The number of hydrogen-bond donors (Lipinski definition) is 3. The minimum Gasteiger partial charge on any atom is -0.393 e. The Kier molecular flexibility index (Phi) is 4.35. The van der Waals surface area contributed by atoms with Crippen molar-refractivity contribution >= 4 is 5.84 Å². The third-order valence-electron chi connectivity index (χ3n) is 2.39. The molecular weight excluding hydrogens is 180 g/mol. The highest BCUT2D eigenvalue weighted by Gasteiger charge is 2.19. The molecule has 1 heterocycles. The van der Waals surface area contributed by atoms with E-state index in [1.165, 1.54) is 6.42 Å². The third kappa shape index (κ3) is 4.07. The molecule has 1 aliphatic heterocycles. The molecule has 0 aromatic rings. The molecule has 0 amide bonds. The average Bonchev–Trinajstić information content (AvgIpc) is 2.43. The minimum atomic E-state index is -1.05. The number of amidine groups is 1. The molecule has 0 aromatic heterocycles. The van der Waals surface area contributed by atoms with E-state index in [2.05, 4.69) is 10.3 Å². The third-order valence-corrected chi connectivity index (χ3v) is 2.39. The number of rotatable bonds is 3. The average molecular weight is 200 g/mol. The summed E-state index contributed by atoms with van der Waals surface area (Å²) < 4.78 is 0. The van der Waals surface area contributed by atoms with E-state index in [1.54, 1.807) is 6.92 Å². The van der Waals surface area contributed by atoms with Gasteiger partial charge >= 0.3 is 0 Å². The van der Waals surface area contributed by atoms with Gasteiger partial charge in [0.25, 0.3) is 0 Å². The van der Waals surface area contributed by atoms with Crippen molar-refractivity contribution in [1.29, 1.82) is 0 Å². The van der Waals surface area contributed by atoms with E-state index < -0.39 is 5.60 Å². The van der Waals surface area contributed by atoms with Crippen LogP contribution in [-0.2, 0) is 0 Å². The zero-order valence-corrected chi connectivity index (χ0v) is 8.79. The molecule has 1 aliphatic rings. The molecule has 0 aliphatic carbocycles. The Labute approximate surface area is 85.1 Å². The van der Waals surface area contributed by atoms with Crippen LogP contribution in [0.4, 0.5) is 0 Å². The van der Waals surface area contributed by atoms with Gasteiger partial charge in [-0.15, -0.1) is 0 Å². The minimum absolute atomic E-state index is 0.229. The SMILES string of the molecule is CC(O)(CO)CNC1=NCCCCC1. The number of aliphatic hydroxyl groups excluding tert-OH is 1. The van der Waals surface area contributed by atoms with E-state index in [0.717, 1.165) is 31.6 Å². The first-order valence-electron chi connectivity index (χ1n) is 5.24. The summed E-state index contributed by atoms with van der Waals surface area (Å²) in [7, 11) is 0. The molecule has 4 nitrogen and oxygen atoms in total. The summed E-state index contributed by atoms with van der Waals surface area (Å²) in [6, 6.07) is 0. The first-order valence-corrected chi connectivity index (χ1v) is 5.24. The normalized spacial score (nSPS) is 22.1. The lowest BCUT2D eigenvalue weighted by Gasteiger charge is -2.21. The van der Waals surface area contributed by atoms with Gasteiger partial charge < -0.3 is 15.5 Å². The van der Waals surface area contributed by atoms with Crippen molar-refractivity contribution in [2.24, 2.45) is 4.99 Å². The summed E-state index contributed by atoms with van der Waals surface area (Å²) in [5.74, 6) is 0.969. The van der Waals surface area contributed by atoms with Crippen molar-refractivity contribution in [3.8, 4) is 0 Å². The maximum atomic E-state index is 9.56. The number of aliphatic imine (C=N–C) groups is 1. The second-order valence-corrected chi connectivity index (χ2v) is 4.15. The van der Waals surface area contributed by atoms with Crippen molar-refractivity contribution in [3.63, 3.8) is 0 Å². The van der Waals surface area contributed by atoms with Crippen LogP contribution >= 0.6 is 0 Å². The van der Waals surface area contributed by atoms with Crippen molar-refractivity contribution < 1.29 is 10.2 Å². The van der Waals surface area contributed by atoms with Gasteiger partial charge in [0.05, 0.1) is 12.4 Å². The predicted octanol–water partition coefficient (Wildman–Crippen LogP) is 0.292. The van der Waals surface area contributed by atoms with Gasteiger partial charge in [-0.3, -0.25) is 4.99 Å². The van der Waals surface area contributed by atoms with Crippen LogP contribution in [-0.4, -0.2) is 41.3 Å². The quantitative estimate of drug-likeness (QED) is 0.613. The van der Waals surface area contributed by atoms with Crippen LogP contribution in [0.2, 0.25) is 0 Å². The Morgan fingerprint density at radius 1 is 1.43 bits per heavy atom. The van der Waals surface area contributed by atoms with Gasteiger partial charge in [0.2, 0.25) is 0 Å². The number of aliphatic hydroxyl groups is 2. The molecule has 0 saturated heterocycles. The number of nitrogens with one attached hydrogen (secondary N) is 1. The van der Waals surface area contributed by atoms with Crippen LogP contribution in [0.15, 0.2) is 4.99 Å². The lowest BCUT2D eigenvalue weighted by atomic mass is 10.1. The molecule has 0 saturated carbocycles. The molecular formula is C10H20N2O2. The summed E-state index contributed by atoms with van der Waals surface area (Å²) in [6.45, 7) is 2.62. The van der Waals surface area contributed by atoms with Crippen LogP contribution < -0.4 is 5.32 Å². The molecule has 0 aromatic carbocycles. The van der Waals surface area contributed by atoms with Crippen molar-refractivity contribution in [2.75, 3.05) is 19.7 Å². The fraction of sp³-hybridized carbons (Fsp3) is 0.900. The van der Waals surface area contributed by atoms with E-state index in [-0.39, 0.29) is 6.61 Å². The van der Waals surface area contributed by atoms with Crippen LogP contribution in [0.3, 0.4) is 0 Å². The molecule has 82 valence electrons. The zero-order valence-electron chi connectivity index (χ0n) is 8.79. The lowest BCUT2D eigenvalue weighted by Crippen LogP contribution is -2.43. The van der Waals surface area contributed by atoms with Gasteiger partial charge in [0, 0.05) is 19.5 Å². The molecule has 0 radical (unpaired) electrons. The fourth-order valence-corrected chi connectivity index (χ4v) is 1.37. The van der Waals surface area contributed by atoms with Gasteiger partial charge in [-0.2, -0.15) is 0 Å². The Balaban J connectivity index is 2.32. The lowest BCUT2D eigenvalue weighted by molar-refractivity contribution is 0.00610. The largest absolute Gasteiger partial charge is 0.393 e. The second kappa shape index (κ2) is 5.32. The molecule has 3 N–H and O–H groups in total. The monoisotopic (exact) mass is 200 g/mol. The van der Waals surface area contributed by atoms with Gasteiger partial charge in [-0.05, 0) is 19.8 Å². The van der Waals surface area contributed by atoms with Crippen molar-refractivity contribution in [1.82, 2.24) is 5.32 Å². The van der Waals surface area contributed by atoms with Crippen LogP contribution in [0.1, 0.15) is 32.6 Å². The number of nitrogens with zero attached hydrogens (tertiary/aromatic N) is 1. The van der Waals surface area contributed by atoms with E-state index in [9.17, 15) is 5.11 Å². The van der Waals surface area contributed by atoms with E-state index in [4.69, 9.17) is 5.11 Å². The first-order chi connectivity index (χ1) is 6.64. The highest BCUT2D eigenvalue weighted by Crippen LogP contribution is 2.07. The molecule has 1 rings (SSSR count). The Morgan fingerprint density at radius 3 is 2.93 bits per heavy atom. The smallest absolute Gasteiger partial charge is 0.102 e. The van der Waals surface area contributed by atoms with Crippen LogP contribution in [0.25, 0.3) is 0 Å². The van der Waals surface area contributed by atoms with Gasteiger partial charge in [-0.25, -0.2) is 0 Å². The van der Waals surface area contributed by atoms with Crippen molar-refractivity contribution in [3.05, 3.63) is 0 Å². The molecule has 1 atom stereocenters. The summed E-state index contributed by atoms with van der Waals surface area (Å²) in [5.41, 5.74) is -1.05. The summed E-state index contributed by atoms with van der Waals surface area (Å²) in [6.07, 6.45) is 4.50. The Hall–Kier alpha value is -0.610. The molecule has 0 spiro atoms. The van der Waals surface area contributed by atoms with Gasteiger partial charge in [-0.1, -0.05) is 6.42 Å². The molecule has 4 heteroatoms. The van der Waals surface area contributed by atoms with E-state index in [0.29, 0.717) is 6.54 Å².